The van der Waals surface area contributed by atoms with Gasteiger partial charge in [0.05, 0.1) is 11.3 Å². The van der Waals surface area contributed by atoms with Crippen molar-refractivity contribution in [3.8, 4) is 5.69 Å². The Morgan fingerprint density at radius 2 is 1.72 bits per heavy atom. The van der Waals surface area contributed by atoms with Gasteiger partial charge in [0.25, 0.3) is 0 Å². The maximum Gasteiger partial charge on any atom is 0.416 e. The molecular formula is C12H12F3N3. The predicted molar refractivity (Wildman–Crippen MR) is 60.5 cm³/mol. The minimum Gasteiger partial charge on any atom is -0.221 e. The van der Waals surface area contributed by atoms with Gasteiger partial charge in [0.15, 0.2) is 5.82 Å². The molecule has 2 aromatic rings. The third-order valence-electron chi connectivity index (χ3n) is 2.49. The molecule has 6 heteroatoms. The van der Waals surface area contributed by atoms with Crippen LogP contribution in [0.15, 0.2) is 30.6 Å². The van der Waals surface area contributed by atoms with Gasteiger partial charge in [-0.3, -0.25) is 0 Å². The number of alkyl halides is 3. The molecule has 96 valence electrons. The zero-order valence-electron chi connectivity index (χ0n) is 9.94. The molecule has 0 amide bonds. The van der Waals surface area contributed by atoms with E-state index < -0.39 is 11.7 Å². The molecule has 0 aliphatic carbocycles. The van der Waals surface area contributed by atoms with E-state index in [-0.39, 0.29) is 5.92 Å². The topological polar surface area (TPSA) is 30.7 Å². The first-order chi connectivity index (χ1) is 8.38. The number of nitrogens with zero attached hydrogens (tertiary/aromatic N) is 3. The summed E-state index contributed by atoms with van der Waals surface area (Å²) in [7, 11) is 0. The van der Waals surface area contributed by atoms with E-state index in [1.54, 1.807) is 0 Å². The number of aromatic nitrogens is 3. The molecule has 0 saturated heterocycles. The second-order valence-corrected chi connectivity index (χ2v) is 4.25. The van der Waals surface area contributed by atoms with Crippen LogP contribution in [0.3, 0.4) is 0 Å². The molecule has 1 aromatic heterocycles. The minimum atomic E-state index is -4.32. The zero-order valence-corrected chi connectivity index (χ0v) is 9.94. The Morgan fingerprint density at radius 3 is 2.17 bits per heavy atom. The van der Waals surface area contributed by atoms with Crippen LogP contribution in [-0.4, -0.2) is 14.8 Å². The molecule has 2 rings (SSSR count). The quantitative estimate of drug-likeness (QED) is 0.823. The van der Waals surface area contributed by atoms with E-state index in [0.29, 0.717) is 11.5 Å². The third-order valence-corrected chi connectivity index (χ3v) is 2.49. The molecule has 0 saturated carbocycles. The number of benzene rings is 1. The van der Waals surface area contributed by atoms with Crippen molar-refractivity contribution in [1.29, 1.82) is 0 Å². The van der Waals surface area contributed by atoms with Gasteiger partial charge >= 0.3 is 6.18 Å². The van der Waals surface area contributed by atoms with Gasteiger partial charge in [-0.05, 0) is 24.3 Å². The van der Waals surface area contributed by atoms with Crippen LogP contribution < -0.4 is 0 Å². The molecule has 0 N–H and O–H groups in total. The lowest BCUT2D eigenvalue weighted by molar-refractivity contribution is -0.137. The Balaban J connectivity index is 2.29. The molecule has 0 fully saturated rings. The highest BCUT2D eigenvalue weighted by Crippen LogP contribution is 2.29. The minimum absolute atomic E-state index is 0.181. The van der Waals surface area contributed by atoms with Crippen LogP contribution in [0.4, 0.5) is 13.2 Å². The van der Waals surface area contributed by atoms with Crippen LogP contribution in [-0.2, 0) is 6.18 Å². The lowest BCUT2D eigenvalue weighted by Crippen LogP contribution is -2.05. The van der Waals surface area contributed by atoms with E-state index in [0.717, 1.165) is 12.1 Å². The van der Waals surface area contributed by atoms with Crippen LogP contribution in [0.5, 0.6) is 0 Å². The number of halogens is 3. The van der Waals surface area contributed by atoms with E-state index in [9.17, 15) is 13.2 Å². The summed E-state index contributed by atoms with van der Waals surface area (Å²) in [6, 6.07) is 4.82. The third kappa shape index (κ3) is 2.52. The summed E-state index contributed by atoms with van der Waals surface area (Å²) >= 11 is 0. The Kier molecular flexibility index (Phi) is 3.11. The molecule has 1 heterocycles. The summed E-state index contributed by atoms with van der Waals surface area (Å²) < 4.78 is 38.7. The number of hydrogen-bond acceptors (Lipinski definition) is 2. The Morgan fingerprint density at radius 1 is 1.11 bits per heavy atom. The first-order valence-corrected chi connectivity index (χ1v) is 5.47. The molecule has 1 aromatic carbocycles. The van der Waals surface area contributed by atoms with Gasteiger partial charge in [-0.25, -0.2) is 9.67 Å². The van der Waals surface area contributed by atoms with Crippen LogP contribution in [0.1, 0.15) is 31.2 Å². The molecule has 0 bridgehead atoms. The molecule has 18 heavy (non-hydrogen) atoms. The predicted octanol–water partition coefficient (Wildman–Crippen LogP) is 3.41. The fourth-order valence-electron chi connectivity index (χ4n) is 1.47. The van der Waals surface area contributed by atoms with E-state index in [1.165, 1.54) is 23.1 Å². The zero-order chi connectivity index (χ0) is 13.3. The summed E-state index contributed by atoms with van der Waals surface area (Å²) in [5.74, 6) is 0.843. The Labute approximate surface area is 102 Å². The standard InChI is InChI=1S/C12H12F3N3/c1-8(2)11-16-7-18(17-11)10-5-3-9(4-6-10)12(13,14)15/h3-8H,1-2H3. The number of rotatable bonds is 2. The fourth-order valence-corrected chi connectivity index (χ4v) is 1.47. The molecule has 0 atom stereocenters. The van der Waals surface area contributed by atoms with Gasteiger partial charge < -0.3 is 0 Å². The maximum absolute atomic E-state index is 12.4. The van der Waals surface area contributed by atoms with Crippen molar-refractivity contribution in [2.45, 2.75) is 25.9 Å². The normalized spacial score (nSPS) is 12.1. The summed E-state index contributed by atoms with van der Waals surface area (Å²) in [5, 5.41) is 4.20. The van der Waals surface area contributed by atoms with E-state index in [1.807, 2.05) is 13.8 Å². The Bertz CT molecular complexity index is 526. The van der Waals surface area contributed by atoms with Gasteiger partial charge in [0, 0.05) is 5.92 Å². The van der Waals surface area contributed by atoms with Gasteiger partial charge in [-0.15, -0.1) is 0 Å². The highest BCUT2D eigenvalue weighted by Gasteiger charge is 2.30. The molecule has 0 unspecified atom stereocenters. The van der Waals surface area contributed by atoms with Gasteiger partial charge in [-0.1, -0.05) is 13.8 Å². The van der Waals surface area contributed by atoms with Crippen LogP contribution in [0, 0.1) is 0 Å². The smallest absolute Gasteiger partial charge is 0.221 e. The van der Waals surface area contributed by atoms with E-state index >= 15 is 0 Å². The summed E-state index contributed by atoms with van der Waals surface area (Å²) in [5.41, 5.74) is -0.113. The lowest BCUT2D eigenvalue weighted by Gasteiger charge is -2.07. The van der Waals surface area contributed by atoms with Crippen molar-refractivity contribution in [2.24, 2.45) is 0 Å². The van der Waals surface area contributed by atoms with Crippen molar-refractivity contribution in [2.75, 3.05) is 0 Å². The fraction of sp³-hybridized carbons (Fsp3) is 0.333. The summed E-state index contributed by atoms with van der Waals surface area (Å²) in [6.07, 6.45) is -2.82. The van der Waals surface area contributed by atoms with E-state index in [2.05, 4.69) is 10.1 Å². The van der Waals surface area contributed by atoms with Gasteiger partial charge in [0.1, 0.15) is 6.33 Å². The second kappa shape index (κ2) is 4.44. The highest BCUT2D eigenvalue weighted by atomic mass is 19.4. The van der Waals surface area contributed by atoms with Crippen molar-refractivity contribution < 1.29 is 13.2 Å². The van der Waals surface area contributed by atoms with Crippen LogP contribution in [0.2, 0.25) is 0 Å². The highest BCUT2D eigenvalue weighted by molar-refractivity contribution is 5.34. The van der Waals surface area contributed by atoms with E-state index in [4.69, 9.17) is 0 Å². The van der Waals surface area contributed by atoms with Crippen LogP contribution in [0.25, 0.3) is 5.69 Å². The number of hydrogen-bond donors (Lipinski definition) is 0. The molecule has 0 spiro atoms. The molecule has 0 aliphatic heterocycles. The van der Waals surface area contributed by atoms with Crippen LogP contribution >= 0.6 is 0 Å². The first kappa shape index (κ1) is 12.6. The lowest BCUT2D eigenvalue weighted by atomic mass is 10.2. The molecule has 3 nitrogen and oxygen atoms in total. The van der Waals surface area contributed by atoms with Crippen molar-refractivity contribution in [3.05, 3.63) is 42.0 Å². The second-order valence-electron chi connectivity index (χ2n) is 4.25. The Hall–Kier alpha value is -1.85. The molecule has 0 aliphatic rings. The van der Waals surface area contributed by atoms with Crippen molar-refractivity contribution in [3.63, 3.8) is 0 Å². The monoisotopic (exact) mass is 255 g/mol. The van der Waals surface area contributed by atoms with Gasteiger partial charge in [0.2, 0.25) is 0 Å². The van der Waals surface area contributed by atoms with Gasteiger partial charge in [-0.2, -0.15) is 18.3 Å². The first-order valence-electron chi connectivity index (χ1n) is 5.47. The maximum atomic E-state index is 12.4. The average molecular weight is 255 g/mol. The van der Waals surface area contributed by atoms with Crippen molar-refractivity contribution in [1.82, 2.24) is 14.8 Å². The van der Waals surface area contributed by atoms with Crippen molar-refractivity contribution >= 4 is 0 Å². The largest absolute Gasteiger partial charge is 0.416 e. The average Bonchev–Trinajstić information content (AvgIpc) is 2.77. The SMILES string of the molecule is CC(C)c1ncn(-c2ccc(C(F)(F)F)cc2)n1. The molecule has 0 radical (unpaired) electrons. The summed E-state index contributed by atoms with van der Waals surface area (Å²) in [4.78, 5) is 4.09. The molecular weight excluding hydrogens is 243 g/mol. The summed E-state index contributed by atoms with van der Waals surface area (Å²) in [6.45, 7) is 3.90.